The number of methoxy groups -OCH3 is 1. The molecule has 2 atom stereocenters. The maximum Gasteiger partial charge on any atom is 0.317 e. The number of rotatable bonds is 5. The molecule has 2 unspecified atom stereocenters. The number of pyridine rings is 1. The molecule has 0 spiro atoms. The molecule has 26 heavy (non-hydrogen) atoms. The summed E-state index contributed by atoms with van der Waals surface area (Å²) in [5.41, 5.74) is 2.40. The highest BCUT2D eigenvalue weighted by molar-refractivity contribution is 5.74. The molecular weight excluding hydrogens is 326 g/mol. The maximum absolute atomic E-state index is 12.7. The quantitative estimate of drug-likeness (QED) is 0.893. The molecule has 1 fully saturated rings. The van der Waals surface area contributed by atoms with Crippen molar-refractivity contribution in [3.8, 4) is 5.75 Å². The van der Waals surface area contributed by atoms with Gasteiger partial charge in [0, 0.05) is 37.4 Å². The van der Waals surface area contributed by atoms with Crippen molar-refractivity contribution in [2.24, 2.45) is 0 Å². The second-order valence-corrected chi connectivity index (χ2v) is 6.97. The summed E-state index contributed by atoms with van der Waals surface area (Å²) in [6.07, 6.45) is 6.54. The molecule has 1 aromatic heterocycles. The van der Waals surface area contributed by atoms with Gasteiger partial charge in [-0.25, -0.2) is 4.79 Å². The third-order valence-corrected chi connectivity index (χ3v) is 4.93. The van der Waals surface area contributed by atoms with Crippen LogP contribution in [0.25, 0.3) is 0 Å². The van der Waals surface area contributed by atoms with Crippen LogP contribution in [0.5, 0.6) is 5.75 Å². The number of hydrogen-bond donors (Lipinski definition) is 1. The predicted molar refractivity (Wildman–Crippen MR) is 102 cm³/mol. The Bertz CT molecular complexity index is 703. The number of benzene rings is 1. The zero-order chi connectivity index (χ0) is 18.4. The third kappa shape index (κ3) is 4.75. The first-order valence-electron chi connectivity index (χ1n) is 9.24. The Morgan fingerprint density at radius 1 is 1.35 bits per heavy atom. The number of aromatic nitrogens is 1. The highest BCUT2D eigenvalue weighted by atomic mass is 16.5. The number of carbonyl (C=O) groups excluding carboxylic acids is 1. The number of amides is 2. The Hall–Kier alpha value is -2.56. The van der Waals surface area contributed by atoms with Crippen molar-refractivity contribution in [3.63, 3.8) is 0 Å². The second-order valence-electron chi connectivity index (χ2n) is 6.97. The van der Waals surface area contributed by atoms with Gasteiger partial charge < -0.3 is 15.0 Å². The number of nitrogens with one attached hydrogen (secondary N) is 1. The van der Waals surface area contributed by atoms with E-state index >= 15 is 0 Å². The van der Waals surface area contributed by atoms with Crippen LogP contribution in [0, 0.1) is 0 Å². The van der Waals surface area contributed by atoms with Gasteiger partial charge in [-0.1, -0.05) is 18.2 Å². The fraction of sp³-hybridized carbons (Fsp3) is 0.429. The van der Waals surface area contributed by atoms with E-state index in [1.165, 1.54) is 5.56 Å². The summed E-state index contributed by atoms with van der Waals surface area (Å²) >= 11 is 0. The van der Waals surface area contributed by atoms with Crippen LogP contribution in [-0.4, -0.2) is 42.2 Å². The SMILES string of the molecule is COc1ccc(C2CCCN(C(=O)NC(C)Cc3cccnc3)C2)cc1. The van der Waals surface area contributed by atoms with Gasteiger partial charge in [0.1, 0.15) is 5.75 Å². The molecule has 2 aromatic rings. The van der Waals surface area contributed by atoms with Crippen molar-refractivity contribution in [3.05, 3.63) is 59.9 Å². The normalized spacial score (nSPS) is 18.2. The van der Waals surface area contributed by atoms with Crippen LogP contribution in [-0.2, 0) is 6.42 Å². The van der Waals surface area contributed by atoms with Gasteiger partial charge in [0.2, 0.25) is 0 Å². The molecule has 5 heteroatoms. The van der Waals surface area contributed by atoms with Crippen LogP contribution < -0.4 is 10.1 Å². The van der Waals surface area contributed by atoms with Gasteiger partial charge in [0.15, 0.2) is 0 Å². The monoisotopic (exact) mass is 353 g/mol. The van der Waals surface area contributed by atoms with E-state index in [2.05, 4.69) is 22.4 Å². The van der Waals surface area contributed by atoms with Gasteiger partial charge in [-0.15, -0.1) is 0 Å². The molecule has 0 radical (unpaired) electrons. The first-order chi connectivity index (χ1) is 12.7. The van der Waals surface area contributed by atoms with Crippen molar-refractivity contribution < 1.29 is 9.53 Å². The van der Waals surface area contributed by atoms with Crippen molar-refractivity contribution >= 4 is 6.03 Å². The van der Waals surface area contributed by atoms with Crippen molar-refractivity contribution in [2.45, 2.75) is 38.1 Å². The van der Waals surface area contributed by atoms with Crippen molar-refractivity contribution in [1.82, 2.24) is 15.2 Å². The minimum absolute atomic E-state index is 0.0274. The maximum atomic E-state index is 12.7. The lowest BCUT2D eigenvalue weighted by Crippen LogP contribution is -2.48. The molecular formula is C21H27N3O2. The molecule has 1 aliphatic heterocycles. The van der Waals surface area contributed by atoms with Gasteiger partial charge in [-0.3, -0.25) is 4.98 Å². The standard InChI is InChI=1S/C21H27N3O2/c1-16(13-17-5-3-11-22-14-17)23-21(25)24-12-4-6-19(15-24)18-7-9-20(26-2)10-8-18/h3,5,7-11,14,16,19H,4,6,12-13,15H2,1-2H3,(H,23,25). The minimum atomic E-state index is 0.0274. The summed E-state index contributed by atoms with van der Waals surface area (Å²) < 4.78 is 5.23. The molecule has 2 heterocycles. The lowest BCUT2D eigenvalue weighted by molar-refractivity contribution is 0.176. The molecule has 0 aliphatic carbocycles. The zero-order valence-electron chi connectivity index (χ0n) is 15.5. The molecule has 0 saturated carbocycles. The van der Waals surface area contributed by atoms with Crippen LogP contribution >= 0.6 is 0 Å². The highest BCUT2D eigenvalue weighted by Crippen LogP contribution is 2.28. The highest BCUT2D eigenvalue weighted by Gasteiger charge is 2.25. The summed E-state index contributed by atoms with van der Waals surface area (Å²) in [4.78, 5) is 18.7. The van der Waals surface area contributed by atoms with E-state index in [-0.39, 0.29) is 12.1 Å². The van der Waals surface area contributed by atoms with Crippen LogP contribution in [0.4, 0.5) is 4.79 Å². The van der Waals surface area contributed by atoms with Crippen LogP contribution in [0.15, 0.2) is 48.8 Å². The average molecular weight is 353 g/mol. The van der Waals surface area contributed by atoms with E-state index in [1.807, 2.05) is 42.3 Å². The van der Waals surface area contributed by atoms with E-state index in [0.717, 1.165) is 43.7 Å². The van der Waals surface area contributed by atoms with Gasteiger partial charge >= 0.3 is 6.03 Å². The molecule has 1 saturated heterocycles. The van der Waals surface area contributed by atoms with Crippen molar-refractivity contribution in [2.75, 3.05) is 20.2 Å². The number of ether oxygens (including phenoxy) is 1. The molecule has 1 aliphatic rings. The fourth-order valence-electron chi connectivity index (χ4n) is 3.54. The van der Waals surface area contributed by atoms with Crippen LogP contribution in [0.2, 0.25) is 0 Å². The van der Waals surface area contributed by atoms with Crippen LogP contribution in [0.1, 0.15) is 36.8 Å². The Labute approximate surface area is 155 Å². The van der Waals surface area contributed by atoms with Gasteiger partial charge in [0.05, 0.1) is 7.11 Å². The smallest absolute Gasteiger partial charge is 0.317 e. The van der Waals surface area contributed by atoms with E-state index in [9.17, 15) is 4.79 Å². The molecule has 1 aromatic carbocycles. The lowest BCUT2D eigenvalue weighted by Gasteiger charge is -2.34. The lowest BCUT2D eigenvalue weighted by atomic mass is 9.91. The third-order valence-electron chi connectivity index (χ3n) is 4.93. The van der Waals surface area contributed by atoms with Gasteiger partial charge in [0.25, 0.3) is 0 Å². The zero-order valence-corrected chi connectivity index (χ0v) is 15.5. The average Bonchev–Trinajstić information content (AvgIpc) is 2.69. The molecule has 2 amide bonds. The largest absolute Gasteiger partial charge is 0.497 e. The molecule has 3 rings (SSSR count). The predicted octanol–water partition coefficient (Wildman–Crippen LogP) is 3.61. The first kappa shape index (κ1) is 18.2. The van der Waals surface area contributed by atoms with E-state index in [0.29, 0.717) is 5.92 Å². The summed E-state index contributed by atoms with van der Waals surface area (Å²) in [6.45, 7) is 3.62. The minimum Gasteiger partial charge on any atom is -0.497 e. The summed E-state index contributed by atoms with van der Waals surface area (Å²) in [5.74, 6) is 1.25. The van der Waals surface area contributed by atoms with E-state index in [4.69, 9.17) is 4.74 Å². The summed E-state index contributed by atoms with van der Waals surface area (Å²) in [6, 6.07) is 12.3. The molecule has 138 valence electrons. The van der Waals surface area contributed by atoms with Crippen LogP contribution in [0.3, 0.4) is 0 Å². The number of urea groups is 1. The molecule has 1 N–H and O–H groups in total. The Balaban J connectivity index is 1.55. The number of nitrogens with zero attached hydrogens (tertiary/aromatic N) is 2. The molecule has 5 nitrogen and oxygen atoms in total. The number of piperidine rings is 1. The molecule has 0 bridgehead atoms. The Kier molecular flexibility index (Phi) is 6.10. The van der Waals surface area contributed by atoms with Crippen molar-refractivity contribution in [1.29, 1.82) is 0 Å². The number of hydrogen-bond acceptors (Lipinski definition) is 3. The number of likely N-dealkylation sites (tertiary alicyclic amines) is 1. The van der Waals surface area contributed by atoms with Gasteiger partial charge in [-0.05, 0) is 55.5 Å². The summed E-state index contributed by atoms with van der Waals surface area (Å²) in [7, 11) is 1.67. The topological polar surface area (TPSA) is 54.5 Å². The first-order valence-corrected chi connectivity index (χ1v) is 9.24. The Morgan fingerprint density at radius 3 is 2.85 bits per heavy atom. The fourth-order valence-corrected chi connectivity index (χ4v) is 3.54. The second kappa shape index (κ2) is 8.70. The van der Waals surface area contributed by atoms with E-state index < -0.39 is 0 Å². The Morgan fingerprint density at radius 2 is 2.15 bits per heavy atom. The number of carbonyl (C=O) groups is 1. The summed E-state index contributed by atoms with van der Waals surface area (Å²) in [5, 5.41) is 3.13. The van der Waals surface area contributed by atoms with E-state index in [1.54, 1.807) is 13.3 Å². The van der Waals surface area contributed by atoms with Gasteiger partial charge in [-0.2, -0.15) is 0 Å².